The Balaban J connectivity index is 1.54. The van der Waals surface area contributed by atoms with Crippen molar-refractivity contribution in [2.75, 3.05) is 31.1 Å². The van der Waals surface area contributed by atoms with Gasteiger partial charge in [0.2, 0.25) is 0 Å². The molecule has 2 saturated heterocycles. The number of aromatic nitrogens is 2. The number of hydrogen-bond acceptors (Lipinski definition) is 7. The smallest absolute Gasteiger partial charge is 0.151 e. The van der Waals surface area contributed by atoms with Gasteiger partial charge in [-0.1, -0.05) is 6.07 Å². The number of phenolic OH excluding ortho intramolecular Hbond substituents is 1. The lowest BCUT2D eigenvalue weighted by Gasteiger charge is -2.18. The first-order valence-corrected chi connectivity index (χ1v) is 8.75. The number of nitrogens with two attached hydrogens (primary N) is 1. The number of hydrogen-bond donors (Lipinski definition) is 4. The molecule has 3 heterocycles. The molecule has 0 aliphatic carbocycles. The van der Waals surface area contributed by atoms with E-state index in [4.69, 9.17) is 11.1 Å². The number of anilines is 1. The molecule has 0 radical (unpaired) electrons. The number of phenols is 1. The van der Waals surface area contributed by atoms with E-state index in [0.29, 0.717) is 34.2 Å². The van der Waals surface area contributed by atoms with Crippen LogP contribution in [0, 0.1) is 17.2 Å². The molecule has 7 nitrogen and oxygen atoms in total. The second kappa shape index (κ2) is 6.76. The van der Waals surface area contributed by atoms with Gasteiger partial charge in [0.1, 0.15) is 5.75 Å². The molecule has 2 aromatic rings. The summed E-state index contributed by atoms with van der Waals surface area (Å²) in [4.78, 5) is 2.29. The lowest BCUT2D eigenvalue weighted by molar-refractivity contribution is 0.477. The van der Waals surface area contributed by atoms with Crippen molar-refractivity contribution >= 4 is 17.6 Å². The van der Waals surface area contributed by atoms with E-state index in [2.05, 4.69) is 20.4 Å². The molecule has 5 N–H and O–H groups in total. The Kier molecular flexibility index (Phi) is 4.30. The van der Waals surface area contributed by atoms with Crippen LogP contribution in [0.25, 0.3) is 16.8 Å². The van der Waals surface area contributed by atoms with Crippen molar-refractivity contribution in [1.82, 2.24) is 15.5 Å². The number of benzene rings is 1. The van der Waals surface area contributed by atoms with E-state index in [9.17, 15) is 5.11 Å². The van der Waals surface area contributed by atoms with Crippen molar-refractivity contribution in [3.63, 3.8) is 0 Å². The first kappa shape index (κ1) is 16.5. The molecule has 0 saturated carbocycles. The first-order chi connectivity index (χ1) is 12.7. The van der Waals surface area contributed by atoms with Gasteiger partial charge in [0.05, 0.1) is 5.69 Å². The molecular formula is C19H22N6O. The molecular weight excluding hydrogens is 328 g/mol. The van der Waals surface area contributed by atoms with Gasteiger partial charge in [-0.05, 0) is 41.7 Å². The molecule has 0 spiro atoms. The molecule has 26 heavy (non-hydrogen) atoms. The zero-order valence-corrected chi connectivity index (χ0v) is 14.4. The van der Waals surface area contributed by atoms with Crippen LogP contribution in [0.3, 0.4) is 0 Å². The average molecular weight is 350 g/mol. The van der Waals surface area contributed by atoms with E-state index in [1.165, 1.54) is 6.20 Å². The third-order valence-electron chi connectivity index (χ3n) is 5.31. The van der Waals surface area contributed by atoms with Crippen LogP contribution in [0.4, 0.5) is 5.82 Å². The highest BCUT2D eigenvalue weighted by molar-refractivity contribution is 6.08. The molecule has 2 unspecified atom stereocenters. The summed E-state index contributed by atoms with van der Waals surface area (Å²) >= 11 is 0. The van der Waals surface area contributed by atoms with Crippen molar-refractivity contribution < 1.29 is 5.11 Å². The van der Waals surface area contributed by atoms with E-state index in [1.54, 1.807) is 12.1 Å². The van der Waals surface area contributed by atoms with Crippen LogP contribution in [0.15, 0.2) is 36.5 Å². The van der Waals surface area contributed by atoms with Crippen molar-refractivity contribution in [2.45, 2.75) is 0 Å². The zero-order chi connectivity index (χ0) is 18.1. The van der Waals surface area contributed by atoms with E-state index < -0.39 is 0 Å². The quantitative estimate of drug-likeness (QED) is 0.621. The van der Waals surface area contributed by atoms with E-state index in [1.807, 2.05) is 18.2 Å². The lowest BCUT2D eigenvalue weighted by Crippen LogP contribution is -2.26. The number of allylic oxidation sites excluding steroid dienone is 1. The molecule has 2 atom stereocenters. The standard InChI is InChI=1S/C19H22N6O/c20-6-13(7-21)12-1-2-16(18(26)5-12)17-3-4-19(24-23-17)25-10-14-8-22-9-15(14)11-25/h1-7,14-15,20,22,26H,8-11,21H2/b13-7+,20-6?. The Bertz CT molecular complexity index is 836. The number of aromatic hydroxyl groups is 1. The van der Waals surface area contributed by atoms with Crippen LogP contribution in [-0.4, -0.2) is 47.7 Å². The summed E-state index contributed by atoms with van der Waals surface area (Å²) in [5.41, 5.74) is 7.95. The summed E-state index contributed by atoms with van der Waals surface area (Å²) in [5, 5.41) is 29.8. The monoisotopic (exact) mass is 350 g/mol. The minimum absolute atomic E-state index is 0.0903. The first-order valence-electron chi connectivity index (χ1n) is 8.75. The summed E-state index contributed by atoms with van der Waals surface area (Å²) in [7, 11) is 0. The van der Waals surface area contributed by atoms with Crippen molar-refractivity contribution in [1.29, 1.82) is 5.41 Å². The summed E-state index contributed by atoms with van der Waals surface area (Å²) in [6, 6.07) is 9.02. The largest absolute Gasteiger partial charge is 0.507 e. The molecule has 1 aromatic heterocycles. The van der Waals surface area contributed by atoms with Gasteiger partial charge in [0, 0.05) is 49.7 Å². The maximum absolute atomic E-state index is 10.3. The topological polar surface area (TPSA) is 111 Å². The number of fused-ring (bicyclic) bond motifs is 1. The van der Waals surface area contributed by atoms with E-state index >= 15 is 0 Å². The molecule has 4 rings (SSSR count). The molecule has 7 heteroatoms. The predicted octanol–water partition coefficient (Wildman–Crippen LogP) is 1.45. The van der Waals surface area contributed by atoms with Gasteiger partial charge in [-0.25, -0.2) is 0 Å². The predicted molar refractivity (Wildman–Crippen MR) is 102 cm³/mol. The summed E-state index contributed by atoms with van der Waals surface area (Å²) in [5.74, 6) is 2.38. The summed E-state index contributed by atoms with van der Waals surface area (Å²) in [6.45, 7) is 4.21. The molecule has 0 amide bonds. The normalized spacial score (nSPS) is 22.5. The van der Waals surface area contributed by atoms with Gasteiger partial charge >= 0.3 is 0 Å². The highest BCUT2D eigenvalue weighted by atomic mass is 16.3. The molecule has 2 aliphatic rings. The second-order valence-corrected chi connectivity index (χ2v) is 6.86. The third kappa shape index (κ3) is 2.90. The Morgan fingerprint density at radius 1 is 1.19 bits per heavy atom. The fourth-order valence-electron chi connectivity index (χ4n) is 3.84. The number of nitrogens with zero attached hydrogens (tertiary/aromatic N) is 3. The van der Waals surface area contributed by atoms with E-state index in [0.717, 1.165) is 38.2 Å². The van der Waals surface area contributed by atoms with Crippen molar-refractivity contribution in [2.24, 2.45) is 17.6 Å². The highest BCUT2D eigenvalue weighted by Crippen LogP contribution is 2.32. The van der Waals surface area contributed by atoms with Gasteiger partial charge in [0.25, 0.3) is 0 Å². The minimum Gasteiger partial charge on any atom is -0.507 e. The summed E-state index contributed by atoms with van der Waals surface area (Å²) in [6.07, 6.45) is 2.50. The Labute approximate surface area is 152 Å². The fourth-order valence-corrected chi connectivity index (χ4v) is 3.84. The molecule has 0 bridgehead atoms. The van der Waals surface area contributed by atoms with Crippen LogP contribution in [0.1, 0.15) is 5.56 Å². The zero-order valence-electron chi connectivity index (χ0n) is 14.4. The van der Waals surface area contributed by atoms with Gasteiger partial charge in [-0.15, -0.1) is 10.2 Å². The molecule has 1 aromatic carbocycles. The fraction of sp³-hybridized carbons (Fsp3) is 0.316. The Morgan fingerprint density at radius 2 is 1.96 bits per heavy atom. The van der Waals surface area contributed by atoms with Crippen LogP contribution in [0.5, 0.6) is 5.75 Å². The maximum atomic E-state index is 10.3. The average Bonchev–Trinajstić information content (AvgIpc) is 3.25. The Hall–Kier alpha value is -2.93. The van der Waals surface area contributed by atoms with Gasteiger partial charge in [-0.3, -0.25) is 0 Å². The van der Waals surface area contributed by atoms with Crippen LogP contribution < -0.4 is 16.0 Å². The maximum Gasteiger partial charge on any atom is 0.151 e. The molecule has 2 fully saturated rings. The lowest BCUT2D eigenvalue weighted by atomic mass is 10.0. The second-order valence-electron chi connectivity index (χ2n) is 6.86. The van der Waals surface area contributed by atoms with E-state index in [-0.39, 0.29) is 5.75 Å². The Morgan fingerprint density at radius 3 is 2.54 bits per heavy atom. The minimum atomic E-state index is 0.0903. The summed E-state index contributed by atoms with van der Waals surface area (Å²) < 4.78 is 0. The van der Waals surface area contributed by atoms with Crippen LogP contribution in [-0.2, 0) is 0 Å². The number of nitrogens with one attached hydrogen (secondary N) is 2. The molecule has 2 aliphatic heterocycles. The van der Waals surface area contributed by atoms with Gasteiger partial charge < -0.3 is 26.5 Å². The van der Waals surface area contributed by atoms with Crippen LogP contribution >= 0.6 is 0 Å². The van der Waals surface area contributed by atoms with Crippen molar-refractivity contribution in [3.05, 3.63) is 42.1 Å². The van der Waals surface area contributed by atoms with Crippen molar-refractivity contribution in [3.8, 4) is 17.0 Å². The molecule has 134 valence electrons. The van der Waals surface area contributed by atoms with Crippen LogP contribution in [0.2, 0.25) is 0 Å². The van der Waals surface area contributed by atoms with Gasteiger partial charge in [0.15, 0.2) is 5.82 Å². The SMILES string of the molecule is N=C/C(=C\N)c1ccc(-c2ccc(N3CC4CNCC4C3)nn2)c(O)c1. The third-order valence-corrected chi connectivity index (χ3v) is 5.31. The van der Waals surface area contributed by atoms with Gasteiger partial charge in [-0.2, -0.15) is 0 Å². The number of rotatable bonds is 4. The highest BCUT2D eigenvalue weighted by Gasteiger charge is 2.36.